The van der Waals surface area contributed by atoms with Crippen molar-refractivity contribution in [2.45, 2.75) is 81.7 Å². The van der Waals surface area contributed by atoms with Gasteiger partial charge in [0.05, 0.1) is 28.8 Å². The lowest BCUT2D eigenvalue weighted by Gasteiger charge is -2.44. The first-order valence-electron chi connectivity index (χ1n) is 20.9. The fourth-order valence-electron chi connectivity index (χ4n) is 11.1. The van der Waals surface area contributed by atoms with Crippen LogP contribution in [0.4, 0.5) is 11.4 Å². The van der Waals surface area contributed by atoms with Gasteiger partial charge in [-0.05, 0) is 98.8 Å². The number of benzene rings is 1. The van der Waals surface area contributed by atoms with E-state index in [0.29, 0.717) is 12.0 Å². The van der Waals surface area contributed by atoms with Crippen molar-refractivity contribution in [2.24, 2.45) is 5.92 Å². The minimum absolute atomic E-state index is 0.248. The highest BCUT2D eigenvalue weighted by Crippen LogP contribution is 2.52. The number of aromatic nitrogens is 2. The molecule has 0 N–H and O–H groups in total. The monoisotopic (exact) mass is 718 g/mol. The predicted molar refractivity (Wildman–Crippen MR) is 231 cm³/mol. The molecular formula is C51H50N4. The molecule has 0 amide bonds. The zero-order valence-corrected chi connectivity index (χ0v) is 31.9. The van der Waals surface area contributed by atoms with Gasteiger partial charge < -0.3 is 14.4 Å². The first kappa shape index (κ1) is 33.0. The summed E-state index contributed by atoms with van der Waals surface area (Å²) in [4.78, 5) is 10.7. The summed E-state index contributed by atoms with van der Waals surface area (Å²) in [5.41, 5.74) is 18.0. The highest BCUT2D eigenvalue weighted by Gasteiger charge is 2.42. The van der Waals surface area contributed by atoms with Crippen molar-refractivity contribution in [1.29, 1.82) is 0 Å². The van der Waals surface area contributed by atoms with Gasteiger partial charge in [-0.3, -0.25) is 4.98 Å². The van der Waals surface area contributed by atoms with Crippen molar-refractivity contribution in [3.05, 3.63) is 160 Å². The quantitative estimate of drug-likeness (QED) is 0.251. The van der Waals surface area contributed by atoms with Crippen LogP contribution in [-0.2, 0) is 12.8 Å². The van der Waals surface area contributed by atoms with Crippen LogP contribution in [0.3, 0.4) is 0 Å². The lowest BCUT2D eigenvalue weighted by atomic mass is 9.78. The molecule has 2 aliphatic heterocycles. The van der Waals surface area contributed by atoms with Crippen LogP contribution in [0, 0.1) is 5.92 Å². The molecule has 0 spiro atoms. The molecule has 6 aliphatic carbocycles. The van der Waals surface area contributed by atoms with Crippen LogP contribution in [0.15, 0.2) is 121 Å². The van der Waals surface area contributed by atoms with Gasteiger partial charge in [-0.25, -0.2) is 0 Å². The van der Waals surface area contributed by atoms with Crippen molar-refractivity contribution < 1.29 is 0 Å². The van der Waals surface area contributed by atoms with Crippen LogP contribution in [0.1, 0.15) is 96.1 Å². The Kier molecular flexibility index (Phi) is 8.07. The third-order valence-electron chi connectivity index (χ3n) is 13.4. The number of pyridine rings is 1. The van der Waals surface area contributed by atoms with Crippen LogP contribution < -0.4 is 9.80 Å². The highest BCUT2D eigenvalue weighted by molar-refractivity contribution is 5.89. The third-order valence-corrected chi connectivity index (χ3v) is 13.4. The molecular weight excluding hydrogens is 669 g/mol. The fourth-order valence-corrected chi connectivity index (χ4v) is 11.1. The van der Waals surface area contributed by atoms with Crippen molar-refractivity contribution in [2.75, 3.05) is 23.4 Å². The van der Waals surface area contributed by atoms with Gasteiger partial charge in [0.25, 0.3) is 0 Å². The van der Waals surface area contributed by atoms with E-state index in [1.54, 1.807) is 11.1 Å². The van der Waals surface area contributed by atoms with E-state index in [1.165, 1.54) is 62.1 Å². The molecule has 1 aromatic carbocycles. The molecule has 0 saturated carbocycles. The van der Waals surface area contributed by atoms with Crippen LogP contribution in [-0.4, -0.2) is 35.2 Å². The van der Waals surface area contributed by atoms with Gasteiger partial charge in [0, 0.05) is 71.2 Å². The maximum Gasteiger partial charge on any atom is 0.0683 e. The van der Waals surface area contributed by atoms with Gasteiger partial charge in [-0.15, -0.1) is 0 Å². The first-order valence-corrected chi connectivity index (χ1v) is 20.9. The van der Waals surface area contributed by atoms with Gasteiger partial charge in [0.2, 0.25) is 0 Å². The van der Waals surface area contributed by atoms with Crippen LogP contribution >= 0.6 is 0 Å². The first-order chi connectivity index (χ1) is 27.2. The minimum atomic E-state index is 0.248. The topological polar surface area (TPSA) is 24.3 Å². The summed E-state index contributed by atoms with van der Waals surface area (Å²) in [6.07, 6.45) is 53.0. The summed E-state index contributed by atoms with van der Waals surface area (Å²) >= 11 is 0. The van der Waals surface area contributed by atoms with Crippen molar-refractivity contribution in [3.8, 4) is 11.3 Å². The molecule has 4 heteroatoms. The normalized spacial score (nSPS) is 26.7. The van der Waals surface area contributed by atoms with E-state index < -0.39 is 0 Å². The van der Waals surface area contributed by atoms with Gasteiger partial charge in [-0.1, -0.05) is 109 Å². The Morgan fingerprint density at radius 3 is 2.55 bits per heavy atom. The summed E-state index contributed by atoms with van der Waals surface area (Å²) in [6, 6.07) is 9.96. The van der Waals surface area contributed by atoms with Crippen LogP contribution in [0.5, 0.6) is 0 Å². The SMILES string of the molecule is CN1CC=Cc2c(C3C=C(C4C=CCC(N5c6ccccc6-c6c(c7c(n6C6=CCCC=C6)C=CCC7)C6C=CC=CC65)C4)C=CC3)nc3c(c21)CCC=C3. The van der Waals surface area contributed by atoms with Crippen LogP contribution in [0.25, 0.3) is 35.2 Å². The molecule has 2 aromatic heterocycles. The number of anilines is 2. The second-order valence-corrected chi connectivity index (χ2v) is 16.6. The number of allylic oxidation sites excluding steroid dienone is 13. The zero-order valence-electron chi connectivity index (χ0n) is 31.9. The average molecular weight is 719 g/mol. The Hall–Kier alpha value is -5.35. The third kappa shape index (κ3) is 5.35. The molecule has 0 radical (unpaired) electrons. The Morgan fingerprint density at radius 1 is 0.745 bits per heavy atom. The smallest absolute Gasteiger partial charge is 0.0683 e. The lowest BCUT2D eigenvalue weighted by molar-refractivity contribution is 0.453. The molecule has 4 heterocycles. The number of likely N-dealkylation sites (N-methyl/N-ethyl adjacent to an activating group) is 1. The van der Waals surface area contributed by atoms with Gasteiger partial charge in [0.15, 0.2) is 0 Å². The molecule has 5 unspecified atom stereocenters. The molecule has 0 saturated heterocycles. The molecule has 0 fully saturated rings. The molecule has 274 valence electrons. The molecule has 55 heavy (non-hydrogen) atoms. The van der Waals surface area contributed by atoms with Crippen molar-refractivity contribution in [3.63, 3.8) is 0 Å². The fraction of sp³-hybridized carbons (Fsp3) is 0.314. The number of hydrogen-bond donors (Lipinski definition) is 0. The minimum Gasteiger partial charge on any atom is -0.370 e. The Labute approximate surface area is 326 Å². The highest BCUT2D eigenvalue weighted by atomic mass is 15.2. The second-order valence-electron chi connectivity index (χ2n) is 16.6. The predicted octanol–water partition coefficient (Wildman–Crippen LogP) is 11.5. The van der Waals surface area contributed by atoms with Crippen molar-refractivity contribution >= 4 is 35.3 Å². The Morgan fingerprint density at radius 2 is 1.62 bits per heavy atom. The maximum atomic E-state index is 5.42. The van der Waals surface area contributed by atoms with E-state index >= 15 is 0 Å². The van der Waals surface area contributed by atoms with E-state index in [9.17, 15) is 0 Å². The van der Waals surface area contributed by atoms with E-state index in [4.69, 9.17) is 4.98 Å². The standard InChI is InChI=1S/C51H50N4/c1-53-31-15-26-43-49(52-44-27-9-5-22-39(44)50(43)53)36-18-13-16-34(32-36)35-17-14-21-38(33-35)54-45-28-10-6-23-40(45)48-41-24-7-11-29-46(41)55(37-19-3-2-4-20-37)51(48)42-25-8-12-30-47(42)54/h3,6,8-17,19-20,23,25-30,32,35-36,38,40,45H,2,4-5,7,18,21-22,24,31,33H2,1H3. The number of para-hydroxylation sites is 1. The Balaban J connectivity index is 0.989. The number of hydrogen-bond acceptors (Lipinski definition) is 3. The van der Waals surface area contributed by atoms with E-state index in [-0.39, 0.29) is 17.9 Å². The summed E-state index contributed by atoms with van der Waals surface area (Å²) in [6.45, 7) is 0.959. The largest absolute Gasteiger partial charge is 0.370 e. The zero-order chi connectivity index (χ0) is 36.5. The van der Waals surface area contributed by atoms with Crippen molar-refractivity contribution in [1.82, 2.24) is 9.55 Å². The maximum absolute atomic E-state index is 5.42. The molecule has 8 aliphatic rings. The summed E-state index contributed by atoms with van der Waals surface area (Å²) in [7, 11) is 2.25. The second kappa shape index (κ2) is 13.4. The number of rotatable bonds is 4. The van der Waals surface area contributed by atoms with E-state index in [2.05, 4.69) is 155 Å². The molecule has 5 atom stereocenters. The van der Waals surface area contributed by atoms with Crippen LogP contribution in [0.2, 0.25) is 0 Å². The van der Waals surface area contributed by atoms with E-state index in [1.807, 2.05) is 0 Å². The lowest BCUT2D eigenvalue weighted by Crippen LogP contribution is -2.47. The molecule has 3 aromatic rings. The molecule has 4 nitrogen and oxygen atoms in total. The number of nitrogens with zero attached hydrogens (tertiary/aromatic N) is 4. The number of fused-ring (bicyclic) bond motifs is 10. The van der Waals surface area contributed by atoms with Gasteiger partial charge >= 0.3 is 0 Å². The summed E-state index contributed by atoms with van der Waals surface area (Å²) in [5.74, 6) is 0.904. The van der Waals surface area contributed by atoms with Gasteiger partial charge in [0.1, 0.15) is 0 Å². The molecule has 11 rings (SSSR count). The summed E-state index contributed by atoms with van der Waals surface area (Å²) in [5, 5.41) is 0. The van der Waals surface area contributed by atoms with E-state index in [0.717, 1.165) is 64.3 Å². The van der Waals surface area contributed by atoms with Gasteiger partial charge in [-0.2, -0.15) is 0 Å². The Bertz CT molecular complexity index is 2400. The average Bonchev–Trinajstić information content (AvgIpc) is 3.53. The molecule has 0 bridgehead atoms. The summed E-state index contributed by atoms with van der Waals surface area (Å²) < 4.78 is 2.62.